The van der Waals surface area contributed by atoms with Crippen molar-refractivity contribution < 1.29 is 47.8 Å². The van der Waals surface area contributed by atoms with Crippen molar-refractivity contribution in [3.63, 3.8) is 0 Å². The largest absolute Gasteiger partial charge is 0.423 e. The lowest BCUT2D eigenvalue weighted by atomic mass is 10.1. The van der Waals surface area contributed by atoms with E-state index in [0.717, 1.165) is 38.6 Å². The smallest absolute Gasteiger partial charge is 0.292 e. The number of nitriles is 3. The topological polar surface area (TPSA) is 305 Å². The lowest BCUT2D eigenvalue weighted by molar-refractivity contribution is 0.257. The van der Waals surface area contributed by atoms with E-state index in [9.17, 15) is 33.6 Å². The summed E-state index contributed by atoms with van der Waals surface area (Å²) in [6.07, 6.45) is 14.9. The third kappa shape index (κ3) is 20.3. The number of nitrogens with zero attached hydrogens (tertiary/aromatic N) is 10. The van der Waals surface area contributed by atoms with Gasteiger partial charge in [-0.3, -0.25) is 0 Å². The Balaban J connectivity index is 0.000000301. The monoisotopic (exact) mass is 934 g/mol. The fourth-order valence-electron chi connectivity index (χ4n) is 5.43. The molecule has 0 bridgehead atoms. The van der Waals surface area contributed by atoms with Gasteiger partial charge in [0, 0.05) is 16.3 Å². The number of benzene rings is 6. The molecule has 6 aromatic rings. The second-order valence-corrected chi connectivity index (χ2v) is 12.9. The molecule has 0 unspecified atom stereocenters. The molecule has 0 fully saturated rings. The predicted molar refractivity (Wildman–Crippen MR) is 249 cm³/mol. The Morgan fingerprint density at radius 1 is 0.429 bits per heavy atom. The molecule has 0 radical (unpaired) electrons. The number of carbonyl (C=O) groups excluding carboxylic acids is 7. The highest BCUT2D eigenvalue weighted by atomic mass is 16.5. The summed E-state index contributed by atoms with van der Waals surface area (Å²) in [5.41, 5.74) is 7.45. The van der Waals surface area contributed by atoms with Gasteiger partial charge in [-0.05, 0) is 78.1 Å². The first-order valence-corrected chi connectivity index (χ1v) is 19.6. The van der Waals surface area contributed by atoms with E-state index < -0.39 is 0 Å². The molecule has 0 heterocycles. The van der Waals surface area contributed by atoms with E-state index in [2.05, 4.69) is 49.2 Å². The van der Waals surface area contributed by atoms with E-state index in [1.165, 1.54) is 48.6 Å². The fourth-order valence-corrected chi connectivity index (χ4v) is 5.43. The van der Waals surface area contributed by atoms with Crippen LogP contribution in [0.25, 0.3) is 10.8 Å². The van der Waals surface area contributed by atoms with Gasteiger partial charge in [0.25, 0.3) is 18.8 Å². The summed E-state index contributed by atoms with van der Waals surface area (Å²) in [4.78, 5) is 94.5. The van der Waals surface area contributed by atoms with Crippen LogP contribution >= 0.6 is 0 Å². The molecule has 0 amide bonds. The molecule has 0 saturated carbocycles. The van der Waals surface area contributed by atoms with Crippen molar-refractivity contribution in [2.45, 2.75) is 40.2 Å². The number of ether oxygens (including phenoxy) is 3. The van der Waals surface area contributed by atoms with Crippen LogP contribution < -0.4 is 4.74 Å². The minimum Gasteiger partial charge on any atom is -0.423 e. The maximum absolute atomic E-state index is 10.3. The van der Waals surface area contributed by atoms with Crippen molar-refractivity contribution >= 4 is 81.8 Å². The maximum atomic E-state index is 10.3. The Kier molecular flexibility index (Phi) is 26.5. The summed E-state index contributed by atoms with van der Waals surface area (Å²) in [6, 6.07) is 34.9. The van der Waals surface area contributed by atoms with E-state index in [1.807, 2.05) is 48.5 Å². The molecule has 0 N–H and O–H groups in total. The van der Waals surface area contributed by atoms with Crippen molar-refractivity contribution in [1.82, 2.24) is 0 Å². The Morgan fingerprint density at radius 3 is 1.44 bits per heavy atom. The number of aliphatic imine (C=N–C) groups is 7. The maximum Gasteiger partial charge on any atom is 0.292 e. The molecule has 0 aliphatic heterocycles. The molecule has 0 saturated heterocycles. The highest BCUT2D eigenvalue weighted by Crippen LogP contribution is 2.32. The molecule has 344 valence electrons. The first kappa shape index (κ1) is 55.2. The van der Waals surface area contributed by atoms with Crippen LogP contribution in [0.15, 0.2) is 156 Å². The molecule has 70 heavy (non-hydrogen) atoms. The van der Waals surface area contributed by atoms with Gasteiger partial charge in [0.1, 0.15) is 19.0 Å². The molecule has 0 atom stereocenters. The van der Waals surface area contributed by atoms with Gasteiger partial charge in [-0.15, -0.1) is 5.26 Å². The highest BCUT2D eigenvalue weighted by molar-refractivity contribution is 6.00. The summed E-state index contributed by atoms with van der Waals surface area (Å²) in [5, 5.41) is 26.2. The first-order chi connectivity index (χ1) is 34.2. The molecule has 20 heteroatoms. The van der Waals surface area contributed by atoms with Gasteiger partial charge in [-0.1, -0.05) is 84.9 Å². The molecule has 0 spiro atoms. The van der Waals surface area contributed by atoms with Crippen LogP contribution in [0, 0.1) is 48.4 Å². The highest BCUT2D eigenvalue weighted by Gasteiger charge is 2.05. The van der Waals surface area contributed by atoms with Crippen LogP contribution in [0.4, 0.5) is 28.4 Å². The zero-order valence-corrected chi connectivity index (χ0v) is 36.9. The first-order valence-electron chi connectivity index (χ1n) is 19.6. The SMILES string of the molecule is Cc1c(N=C=O)cccc1OC#N.Cc1ccc(N=C=O)cc1N=C=O.N#COCc1ccc(CN=C=O)cc1.N#COCc1cccc(CN=C=O)c1.O=C=Nc1cccc2c(N=C=O)cccc12. The van der Waals surface area contributed by atoms with Gasteiger partial charge >= 0.3 is 0 Å². The normalized spacial score (nSPS) is 8.61. The van der Waals surface area contributed by atoms with Crippen molar-refractivity contribution in [3.8, 4) is 24.5 Å². The Hall–Kier alpha value is -10.9. The fraction of sp³-hybridized carbons (Fsp3) is 0.120. The van der Waals surface area contributed by atoms with Crippen LogP contribution in [0.2, 0.25) is 0 Å². The standard InChI is InChI=1S/C12H6N2O2.2C10H8N2O2.2C9H6N2O2/c15-7-13-11-5-1-3-9-10(11)4-2-6-12(9)14-8-16;11-7-14-6-10-3-1-9(2-4-10)5-12-8-13;11-7-14-6-10-3-1-2-9(4-10)5-12-8-13;1-7-2-3-8(10-5-12)4-9(7)11-6-13;1-7-8(11-6-12)3-2-4-9(7)13-5-10/h1-6H;2*1-4H,5-6H2;2*2-4H,1H3. The van der Waals surface area contributed by atoms with Crippen LogP contribution in [0.5, 0.6) is 5.75 Å². The summed E-state index contributed by atoms with van der Waals surface area (Å²) >= 11 is 0. The average molecular weight is 935 g/mol. The van der Waals surface area contributed by atoms with Crippen molar-refractivity contribution in [1.29, 1.82) is 15.8 Å². The zero-order valence-electron chi connectivity index (χ0n) is 36.9. The van der Waals surface area contributed by atoms with E-state index >= 15 is 0 Å². The van der Waals surface area contributed by atoms with E-state index in [0.29, 0.717) is 52.8 Å². The van der Waals surface area contributed by atoms with Crippen LogP contribution in [-0.4, -0.2) is 42.6 Å². The number of isocyanates is 7. The summed E-state index contributed by atoms with van der Waals surface area (Å²) in [6.45, 7) is 4.67. The quantitative estimate of drug-likeness (QED) is 0.0558. The third-order valence-corrected chi connectivity index (χ3v) is 8.59. The van der Waals surface area contributed by atoms with E-state index in [4.69, 9.17) is 15.8 Å². The van der Waals surface area contributed by atoms with E-state index in [1.54, 1.807) is 99.3 Å². The van der Waals surface area contributed by atoms with Gasteiger partial charge < -0.3 is 14.2 Å². The van der Waals surface area contributed by atoms with Crippen LogP contribution in [0.1, 0.15) is 33.4 Å². The van der Waals surface area contributed by atoms with Gasteiger partial charge in [0.15, 0.2) is 0 Å². The molecule has 20 nitrogen and oxygen atoms in total. The number of hydrogen-bond acceptors (Lipinski definition) is 20. The minimum absolute atomic E-state index is 0.245. The van der Waals surface area contributed by atoms with Crippen molar-refractivity contribution in [3.05, 3.63) is 155 Å². The van der Waals surface area contributed by atoms with Gasteiger partial charge in [0.2, 0.25) is 42.6 Å². The van der Waals surface area contributed by atoms with Gasteiger partial charge in [-0.25, -0.2) is 43.5 Å². The average Bonchev–Trinajstić information content (AvgIpc) is 3.38. The minimum atomic E-state index is 0.245. The van der Waals surface area contributed by atoms with Gasteiger partial charge in [-0.2, -0.15) is 35.5 Å². The zero-order chi connectivity index (χ0) is 51.2. The molecule has 0 aliphatic carbocycles. The third-order valence-electron chi connectivity index (χ3n) is 8.59. The molecular formula is C50H34N10O10. The van der Waals surface area contributed by atoms with Crippen LogP contribution in [-0.2, 0) is 69.3 Å². The number of aryl methyl sites for hydroxylation is 1. The Labute approximate surface area is 398 Å². The molecule has 6 rings (SSSR count). The molecule has 0 aromatic heterocycles. The lowest BCUT2D eigenvalue weighted by Crippen LogP contribution is -1.89. The number of rotatable bonds is 14. The second-order valence-electron chi connectivity index (χ2n) is 12.9. The Bertz CT molecular complexity index is 3150. The van der Waals surface area contributed by atoms with E-state index in [-0.39, 0.29) is 13.2 Å². The van der Waals surface area contributed by atoms with Crippen molar-refractivity contribution in [2.75, 3.05) is 0 Å². The van der Waals surface area contributed by atoms with Gasteiger partial charge in [0.05, 0.1) is 41.5 Å². The lowest BCUT2D eigenvalue weighted by Gasteiger charge is -2.02. The predicted octanol–water partition coefficient (Wildman–Crippen LogP) is 9.57. The Morgan fingerprint density at radius 2 is 0.900 bits per heavy atom. The molecule has 6 aromatic carbocycles. The second kappa shape index (κ2) is 33.6. The number of hydrogen-bond donors (Lipinski definition) is 0. The number of fused-ring (bicyclic) bond motifs is 1. The van der Waals surface area contributed by atoms with Crippen molar-refractivity contribution in [2.24, 2.45) is 34.9 Å². The summed E-state index contributed by atoms with van der Waals surface area (Å²) in [5.74, 6) is 0.402. The molecule has 0 aliphatic rings. The summed E-state index contributed by atoms with van der Waals surface area (Å²) < 4.78 is 13.8. The van der Waals surface area contributed by atoms with Crippen LogP contribution in [0.3, 0.4) is 0 Å². The molecular weight excluding hydrogens is 901 g/mol. The summed E-state index contributed by atoms with van der Waals surface area (Å²) in [7, 11) is 0.